The third kappa shape index (κ3) is 2.27. The molecular weight excluding hydrogens is 234 g/mol. The molecular formula is C12H13N3O3. The monoisotopic (exact) mass is 247 g/mol. The second-order valence-corrected chi connectivity index (χ2v) is 3.90. The van der Waals surface area contributed by atoms with Gasteiger partial charge in [0, 0.05) is 11.8 Å². The lowest BCUT2D eigenvalue weighted by Crippen LogP contribution is -2.26. The van der Waals surface area contributed by atoms with E-state index in [9.17, 15) is 15.0 Å². The number of phenols is 2. The first kappa shape index (κ1) is 12.0. The molecule has 1 amide bonds. The summed E-state index contributed by atoms with van der Waals surface area (Å²) in [5.74, 6) is -1.20. The average Bonchev–Trinajstić information content (AvgIpc) is 2.86. The van der Waals surface area contributed by atoms with E-state index in [0.29, 0.717) is 0 Å². The molecule has 6 nitrogen and oxygen atoms in total. The summed E-state index contributed by atoms with van der Waals surface area (Å²) < 4.78 is 0. The highest BCUT2D eigenvalue weighted by molar-refractivity contribution is 5.97. The quantitative estimate of drug-likeness (QED) is 0.614. The Labute approximate surface area is 103 Å². The molecule has 0 aliphatic heterocycles. The maximum atomic E-state index is 11.9. The summed E-state index contributed by atoms with van der Waals surface area (Å²) >= 11 is 0. The van der Waals surface area contributed by atoms with E-state index in [1.165, 1.54) is 18.2 Å². The fourth-order valence-corrected chi connectivity index (χ4v) is 1.57. The third-order valence-electron chi connectivity index (χ3n) is 2.63. The van der Waals surface area contributed by atoms with E-state index < -0.39 is 11.7 Å². The number of carbonyl (C=O) groups excluding carboxylic acids is 1. The Balaban J connectivity index is 2.15. The van der Waals surface area contributed by atoms with Crippen molar-refractivity contribution in [2.75, 3.05) is 0 Å². The molecule has 6 heteroatoms. The Kier molecular flexibility index (Phi) is 3.18. The molecule has 0 aliphatic rings. The molecule has 18 heavy (non-hydrogen) atoms. The zero-order chi connectivity index (χ0) is 13.1. The number of rotatable bonds is 3. The van der Waals surface area contributed by atoms with Gasteiger partial charge in [-0.05, 0) is 19.1 Å². The van der Waals surface area contributed by atoms with E-state index in [1.54, 1.807) is 19.3 Å². The molecule has 0 saturated carbocycles. The van der Waals surface area contributed by atoms with Crippen LogP contribution < -0.4 is 5.32 Å². The van der Waals surface area contributed by atoms with E-state index in [1.807, 2.05) is 0 Å². The number of aromatic hydroxyl groups is 2. The van der Waals surface area contributed by atoms with Crippen LogP contribution in [-0.4, -0.2) is 26.3 Å². The molecule has 0 bridgehead atoms. The fourth-order valence-electron chi connectivity index (χ4n) is 1.57. The fraction of sp³-hybridized carbons (Fsp3) is 0.167. The smallest absolute Gasteiger partial charge is 0.255 e. The number of aromatic amines is 1. The lowest BCUT2D eigenvalue weighted by atomic mass is 10.1. The van der Waals surface area contributed by atoms with Gasteiger partial charge in [-0.2, -0.15) is 5.10 Å². The average molecular weight is 247 g/mol. The topological polar surface area (TPSA) is 98.2 Å². The van der Waals surface area contributed by atoms with Crippen LogP contribution in [0.25, 0.3) is 0 Å². The van der Waals surface area contributed by atoms with Crippen LogP contribution in [0, 0.1) is 0 Å². The second-order valence-electron chi connectivity index (χ2n) is 3.90. The van der Waals surface area contributed by atoms with Crippen molar-refractivity contribution in [3.8, 4) is 11.5 Å². The molecule has 0 saturated heterocycles. The van der Waals surface area contributed by atoms with Gasteiger partial charge < -0.3 is 15.5 Å². The number of benzene rings is 1. The molecule has 2 rings (SSSR count). The Bertz CT molecular complexity index is 552. The Morgan fingerprint density at radius 2 is 2.22 bits per heavy atom. The molecule has 1 atom stereocenters. The summed E-state index contributed by atoms with van der Waals surface area (Å²) in [6.45, 7) is 1.79. The number of hydrogen-bond donors (Lipinski definition) is 4. The van der Waals surface area contributed by atoms with Gasteiger partial charge in [-0.1, -0.05) is 6.07 Å². The lowest BCUT2D eigenvalue weighted by Gasteiger charge is -2.13. The van der Waals surface area contributed by atoms with Crippen molar-refractivity contribution in [2.45, 2.75) is 13.0 Å². The molecule has 0 spiro atoms. The standard InChI is InChI=1S/C12H13N3O3/c1-7(8-5-13-14-6-8)15-12(18)9-3-2-4-10(16)11(9)17/h2-7,16-17H,1H3,(H,13,14)(H,15,18). The second kappa shape index (κ2) is 4.79. The highest BCUT2D eigenvalue weighted by Gasteiger charge is 2.16. The predicted octanol–water partition coefficient (Wildman–Crippen LogP) is 1.31. The summed E-state index contributed by atoms with van der Waals surface area (Å²) in [5.41, 5.74) is 0.855. The molecule has 1 heterocycles. The molecule has 1 unspecified atom stereocenters. The van der Waals surface area contributed by atoms with E-state index in [2.05, 4.69) is 15.5 Å². The first-order valence-corrected chi connectivity index (χ1v) is 5.40. The maximum Gasteiger partial charge on any atom is 0.255 e. The van der Waals surface area contributed by atoms with Gasteiger partial charge in [-0.15, -0.1) is 0 Å². The molecule has 2 aromatic rings. The van der Waals surface area contributed by atoms with Gasteiger partial charge in [0.05, 0.1) is 17.8 Å². The number of para-hydroxylation sites is 1. The van der Waals surface area contributed by atoms with Crippen LogP contribution in [0.4, 0.5) is 0 Å². The van der Waals surface area contributed by atoms with Gasteiger partial charge in [0.25, 0.3) is 5.91 Å². The first-order chi connectivity index (χ1) is 8.59. The van der Waals surface area contributed by atoms with Crippen molar-refractivity contribution in [1.82, 2.24) is 15.5 Å². The van der Waals surface area contributed by atoms with Crippen LogP contribution in [0.15, 0.2) is 30.6 Å². The normalized spacial score (nSPS) is 12.1. The van der Waals surface area contributed by atoms with Gasteiger partial charge in [-0.3, -0.25) is 9.89 Å². The molecule has 94 valence electrons. The number of nitrogens with zero attached hydrogens (tertiary/aromatic N) is 1. The zero-order valence-electron chi connectivity index (χ0n) is 9.71. The van der Waals surface area contributed by atoms with Crippen LogP contribution in [0.3, 0.4) is 0 Å². The number of amides is 1. The van der Waals surface area contributed by atoms with E-state index >= 15 is 0 Å². The molecule has 0 radical (unpaired) electrons. The van der Waals surface area contributed by atoms with Crippen molar-refractivity contribution >= 4 is 5.91 Å². The van der Waals surface area contributed by atoms with Gasteiger partial charge in [0.2, 0.25) is 0 Å². The van der Waals surface area contributed by atoms with Crippen molar-refractivity contribution in [2.24, 2.45) is 0 Å². The van der Waals surface area contributed by atoms with Gasteiger partial charge >= 0.3 is 0 Å². The van der Waals surface area contributed by atoms with Gasteiger partial charge in [0.1, 0.15) is 0 Å². The summed E-state index contributed by atoms with van der Waals surface area (Å²) in [7, 11) is 0. The predicted molar refractivity (Wildman–Crippen MR) is 64.2 cm³/mol. The highest BCUT2D eigenvalue weighted by Crippen LogP contribution is 2.28. The Hall–Kier alpha value is -2.50. The number of H-pyrrole nitrogens is 1. The number of hydrogen-bond acceptors (Lipinski definition) is 4. The number of nitrogens with one attached hydrogen (secondary N) is 2. The summed E-state index contributed by atoms with van der Waals surface area (Å²) in [5, 5.41) is 28.0. The van der Waals surface area contributed by atoms with Crippen LogP contribution in [0.1, 0.15) is 28.9 Å². The van der Waals surface area contributed by atoms with E-state index in [4.69, 9.17) is 0 Å². The Morgan fingerprint density at radius 1 is 1.44 bits per heavy atom. The maximum absolute atomic E-state index is 11.9. The van der Waals surface area contributed by atoms with E-state index in [-0.39, 0.29) is 17.4 Å². The zero-order valence-corrected chi connectivity index (χ0v) is 9.71. The Morgan fingerprint density at radius 3 is 2.89 bits per heavy atom. The SMILES string of the molecule is CC(NC(=O)c1cccc(O)c1O)c1cn[nH]c1. The molecule has 1 aromatic heterocycles. The van der Waals surface area contributed by atoms with Crippen LogP contribution >= 0.6 is 0 Å². The first-order valence-electron chi connectivity index (χ1n) is 5.40. The van der Waals surface area contributed by atoms with Gasteiger partial charge in [-0.25, -0.2) is 0 Å². The van der Waals surface area contributed by atoms with Crippen LogP contribution in [0.5, 0.6) is 11.5 Å². The summed E-state index contributed by atoms with van der Waals surface area (Å²) in [4.78, 5) is 11.9. The lowest BCUT2D eigenvalue weighted by molar-refractivity contribution is 0.0936. The minimum absolute atomic E-state index is 0.0327. The van der Waals surface area contributed by atoms with Crippen LogP contribution in [0.2, 0.25) is 0 Å². The third-order valence-corrected chi connectivity index (χ3v) is 2.63. The molecule has 1 aromatic carbocycles. The number of phenolic OH excluding ortho intramolecular Hbond substituents is 2. The van der Waals surface area contributed by atoms with Crippen molar-refractivity contribution < 1.29 is 15.0 Å². The summed E-state index contributed by atoms with van der Waals surface area (Å²) in [6, 6.07) is 3.99. The molecule has 0 aliphatic carbocycles. The number of aromatic nitrogens is 2. The largest absolute Gasteiger partial charge is 0.504 e. The van der Waals surface area contributed by atoms with Crippen molar-refractivity contribution in [1.29, 1.82) is 0 Å². The minimum Gasteiger partial charge on any atom is -0.504 e. The van der Waals surface area contributed by atoms with Crippen molar-refractivity contribution in [3.05, 3.63) is 41.7 Å². The minimum atomic E-state index is -0.461. The van der Waals surface area contributed by atoms with E-state index in [0.717, 1.165) is 5.56 Å². The van der Waals surface area contributed by atoms with Crippen LogP contribution in [-0.2, 0) is 0 Å². The molecule has 4 N–H and O–H groups in total. The summed E-state index contributed by atoms with van der Waals surface area (Å²) in [6.07, 6.45) is 3.28. The van der Waals surface area contributed by atoms with Gasteiger partial charge in [0.15, 0.2) is 11.5 Å². The van der Waals surface area contributed by atoms with Crippen molar-refractivity contribution in [3.63, 3.8) is 0 Å². The molecule has 0 fully saturated rings. The highest BCUT2D eigenvalue weighted by atomic mass is 16.3. The number of carbonyl (C=O) groups is 1.